The molecule has 1 saturated heterocycles. The Bertz CT molecular complexity index is 410. The largest absolute Gasteiger partial charge is 0.364 e. The van der Waals surface area contributed by atoms with Gasteiger partial charge in [-0.2, -0.15) is 0 Å². The Morgan fingerprint density at radius 1 is 1.39 bits per heavy atom. The van der Waals surface area contributed by atoms with Gasteiger partial charge < -0.3 is 9.47 Å². The van der Waals surface area contributed by atoms with Gasteiger partial charge in [0, 0.05) is 0 Å². The highest BCUT2D eigenvalue weighted by atomic mass is 16.6. The van der Waals surface area contributed by atoms with Crippen LogP contribution < -0.4 is 0 Å². The molecule has 0 radical (unpaired) electrons. The van der Waals surface area contributed by atoms with Crippen LogP contribution in [0.3, 0.4) is 0 Å². The van der Waals surface area contributed by atoms with Crippen molar-refractivity contribution in [3.63, 3.8) is 0 Å². The Hall–Kier alpha value is -0.930. The molecule has 0 aliphatic carbocycles. The Kier molecular flexibility index (Phi) is 3.03. The van der Waals surface area contributed by atoms with Crippen molar-refractivity contribution >= 4 is 5.78 Å². The van der Waals surface area contributed by atoms with Crippen molar-refractivity contribution in [2.24, 2.45) is 0 Å². The molecule has 2 heterocycles. The van der Waals surface area contributed by atoms with Crippen LogP contribution in [0.5, 0.6) is 0 Å². The van der Waals surface area contributed by atoms with E-state index in [2.05, 4.69) is 6.58 Å². The summed E-state index contributed by atoms with van der Waals surface area (Å²) in [5.41, 5.74) is -1.67. The molecule has 0 aromatic heterocycles. The minimum atomic E-state index is -0.890. The molecule has 0 unspecified atom stereocenters. The van der Waals surface area contributed by atoms with E-state index in [1.807, 2.05) is 33.8 Å². The molecule has 0 amide bonds. The standard InChI is InChI=1S/C15H22O3/c1-6-14(4)10-8-12(17-14)15(5)11(16)7-9-13(2,3)18-15/h6-7,9,12H,1,8,10H2,2-5H3/t12-,14+,15-/m0/s1. The second kappa shape index (κ2) is 4.04. The Morgan fingerprint density at radius 3 is 2.61 bits per heavy atom. The van der Waals surface area contributed by atoms with E-state index < -0.39 is 11.2 Å². The quantitative estimate of drug-likeness (QED) is 0.707. The molecule has 3 heteroatoms. The molecule has 3 nitrogen and oxygen atoms in total. The van der Waals surface area contributed by atoms with Crippen molar-refractivity contribution in [1.29, 1.82) is 0 Å². The summed E-state index contributed by atoms with van der Waals surface area (Å²) in [6, 6.07) is 0. The summed E-state index contributed by atoms with van der Waals surface area (Å²) in [6.07, 6.45) is 6.71. The first kappa shape index (κ1) is 13.5. The van der Waals surface area contributed by atoms with E-state index >= 15 is 0 Å². The highest BCUT2D eigenvalue weighted by molar-refractivity contribution is 5.98. The third-order valence-corrected chi connectivity index (χ3v) is 3.96. The van der Waals surface area contributed by atoms with E-state index in [1.165, 1.54) is 0 Å². The second-order valence-electron chi connectivity index (χ2n) is 6.17. The number of ether oxygens (including phenoxy) is 2. The van der Waals surface area contributed by atoms with Gasteiger partial charge in [0.25, 0.3) is 0 Å². The van der Waals surface area contributed by atoms with Gasteiger partial charge >= 0.3 is 0 Å². The van der Waals surface area contributed by atoms with Crippen LogP contribution in [0.25, 0.3) is 0 Å². The minimum Gasteiger partial charge on any atom is -0.364 e. The number of hydrogen-bond donors (Lipinski definition) is 0. The molecule has 0 N–H and O–H groups in total. The third kappa shape index (κ3) is 2.17. The van der Waals surface area contributed by atoms with Crippen LogP contribution in [0.2, 0.25) is 0 Å². The summed E-state index contributed by atoms with van der Waals surface area (Å²) >= 11 is 0. The van der Waals surface area contributed by atoms with Gasteiger partial charge in [-0.05, 0) is 52.7 Å². The molecule has 2 aliphatic heterocycles. The Balaban J connectivity index is 2.25. The van der Waals surface area contributed by atoms with E-state index in [0.29, 0.717) is 0 Å². The first-order valence-electron chi connectivity index (χ1n) is 6.46. The molecule has 0 saturated carbocycles. The summed E-state index contributed by atoms with van der Waals surface area (Å²) < 4.78 is 12.0. The predicted molar refractivity (Wildman–Crippen MR) is 70.4 cm³/mol. The first-order valence-corrected chi connectivity index (χ1v) is 6.46. The zero-order valence-electron chi connectivity index (χ0n) is 11.7. The zero-order valence-corrected chi connectivity index (χ0v) is 11.7. The highest BCUT2D eigenvalue weighted by Crippen LogP contribution is 2.41. The van der Waals surface area contributed by atoms with Crippen molar-refractivity contribution < 1.29 is 14.3 Å². The van der Waals surface area contributed by atoms with Crippen molar-refractivity contribution in [3.05, 3.63) is 24.8 Å². The average molecular weight is 250 g/mol. The molecular weight excluding hydrogens is 228 g/mol. The lowest BCUT2D eigenvalue weighted by atomic mass is 9.86. The van der Waals surface area contributed by atoms with E-state index in [1.54, 1.807) is 12.2 Å². The first-order chi connectivity index (χ1) is 8.21. The van der Waals surface area contributed by atoms with E-state index in [-0.39, 0.29) is 17.5 Å². The van der Waals surface area contributed by atoms with Crippen molar-refractivity contribution in [2.45, 2.75) is 63.4 Å². The highest BCUT2D eigenvalue weighted by Gasteiger charge is 2.52. The zero-order chi connectivity index (χ0) is 13.6. The third-order valence-electron chi connectivity index (χ3n) is 3.96. The fraction of sp³-hybridized carbons (Fsp3) is 0.667. The van der Waals surface area contributed by atoms with Crippen LogP contribution in [0.15, 0.2) is 24.8 Å². The molecule has 100 valence electrons. The normalized spacial score (nSPS) is 43.1. The van der Waals surface area contributed by atoms with Gasteiger partial charge in [0.05, 0.1) is 17.3 Å². The Labute approximate surface area is 109 Å². The SMILES string of the molecule is C=C[C@]1(C)CC[C@@H]([C@@]2(C)OC(C)(C)C=CC2=O)O1. The number of hydrogen-bond acceptors (Lipinski definition) is 3. The van der Waals surface area contributed by atoms with Crippen molar-refractivity contribution in [1.82, 2.24) is 0 Å². The van der Waals surface area contributed by atoms with E-state index in [9.17, 15) is 4.79 Å². The second-order valence-corrected chi connectivity index (χ2v) is 6.17. The molecule has 0 spiro atoms. The monoisotopic (exact) mass is 250 g/mol. The maximum Gasteiger partial charge on any atom is 0.189 e. The van der Waals surface area contributed by atoms with Crippen LogP contribution in [0.1, 0.15) is 40.5 Å². The molecule has 2 aliphatic rings. The summed E-state index contributed by atoms with van der Waals surface area (Å²) in [5.74, 6) is -0.0138. The fourth-order valence-electron chi connectivity index (χ4n) is 2.70. The number of carbonyl (C=O) groups excluding carboxylic acids is 1. The molecule has 0 bridgehead atoms. The molecular formula is C15H22O3. The topological polar surface area (TPSA) is 35.5 Å². The van der Waals surface area contributed by atoms with Gasteiger partial charge in [-0.15, -0.1) is 6.58 Å². The summed E-state index contributed by atoms with van der Waals surface area (Å²) in [5, 5.41) is 0. The maximum atomic E-state index is 12.2. The lowest BCUT2D eigenvalue weighted by molar-refractivity contribution is -0.190. The molecule has 0 aromatic carbocycles. The lowest BCUT2D eigenvalue weighted by Crippen LogP contribution is -2.55. The molecule has 18 heavy (non-hydrogen) atoms. The van der Waals surface area contributed by atoms with Crippen LogP contribution >= 0.6 is 0 Å². The number of ketones is 1. The van der Waals surface area contributed by atoms with Gasteiger partial charge in [-0.3, -0.25) is 4.79 Å². The van der Waals surface area contributed by atoms with Gasteiger partial charge in [0.15, 0.2) is 11.4 Å². The van der Waals surface area contributed by atoms with E-state index in [0.717, 1.165) is 12.8 Å². The molecule has 2 rings (SSSR count). The fourth-order valence-corrected chi connectivity index (χ4v) is 2.70. The van der Waals surface area contributed by atoms with Crippen LogP contribution in [0.4, 0.5) is 0 Å². The minimum absolute atomic E-state index is 0.0138. The van der Waals surface area contributed by atoms with Gasteiger partial charge in [-0.25, -0.2) is 0 Å². The average Bonchev–Trinajstić information content (AvgIpc) is 2.68. The summed E-state index contributed by atoms with van der Waals surface area (Å²) in [7, 11) is 0. The smallest absolute Gasteiger partial charge is 0.189 e. The van der Waals surface area contributed by atoms with Crippen molar-refractivity contribution in [3.8, 4) is 0 Å². The van der Waals surface area contributed by atoms with Crippen molar-refractivity contribution in [2.75, 3.05) is 0 Å². The maximum absolute atomic E-state index is 12.2. The number of rotatable bonds is 2. The van der Waals surface area contributed by atoms with Crippen LogP contribution in [0, 0.1) is 0 Å². The Morgan fingerprint density at radius 2 is 2.06 bits per heavy atom. The molecule has 0 aromatic rings. The number of carbonyl (C=O) groups is 1. The lowest BCUT2D eigenvalue weighted by Gasteiger charge is -2.42. The molecule has 3 atom stereocenters. The van der Waals surface area contributed by atoms with Gasteiger partial charge in [-0.1, -0.05) is 6.08 Å². The van der Waals surface area contributed by atoms with Gasteiger partial charge in [0.1, 0.15) is 0 Å². The molecule has 1 fully saturated rings. The van der Waals surface area contributed by atoms with E-state index in [4.69, 9.17) is 9.47 Å². The van der Waals surface area contributed by atoms with Crippen LogP contribution in [-0.2, 0) is 14.3 Å². The summed E-state index contributed by atoms with van der Waals surface area (Å²) in [4.78, 5) is 12.2. The van der Waals surface area contributed by atoms with Gasteiger partial charge in [0.2, 0.25) is 0 Å². The summed E-state index contributed by atoms with van der Waals surface area (Å²) in [6.45, 7) is 11.5. The van der Waals surface area contributed by atoms with Crippen LogP contribution in [-0.4, -0.2) is 28.7 Å². The predicted octanol–water partition coefficient (Wildman–Crippen LogP) is 2.80.